The van der Waals surface area contributed by atoms with E-state index in [1.54, 1.807) is 23.5 Å². The summed E-state index contributed by atoms with van der Waals surface area (Å²) in [5.41, 5.74) is 0.839. The lowest BCUT2D eigenvalue weighted by atomic mass is 10.2. The van der Waals surface area contributed by atoms with Crippen molar-refractivity contribution in [2.45, 2.75) is 13.0 Å². The molecule has 1 aromatic heterocycles. The number of nitrogens with one attached hydrogen (secondary N) is 1. The summed E-state index contributed by atoms with van der Waals surface area (Å²) in [4.78, 5) is 2.24. The van der Waals surface area contributed by atoms with E-state index >= 15 is 0 Å². The van der Waals surface area contributed by atoms with Gasteiger partial charge in [-0.25, -0.2) is 4.39 Å². The summed E-state index contributed by atoms with van der Waals surface area (Å²) in [6, 6.07) is 7.53. The van der Waals surface area contributed by atoms with Gasteiger partial charge in [-0.2, -0.15) is 0 Å². The topological polar surface area (TPSA) is 12.0 Å². The molecule has 1 unspecified atom stereocenters. The Hall–Kier alpha value is -0.610. The van der Waals surface area contributed by atoms with Gasteiger partial charge in [-0.05, 0) is 43.8 Å². The van der Waals surface area contributed by atoms with E-state index in [0.29, 0.717) is 0 Å². The Morgan fingerprint density at radius 2 is 1.83 bits per heavy atom. The van der Waals surface area contributed by atoms with Gasteiger partial charge in [0.1, 0.15) is 0 Å². The van der Waals surface area contributed by atoms with Crippen LogP contribution in [0.15, 0.2) is 24.3 Å². The highest BCUT2D eigenvalue weighted by Crippen LogP contribution is 2.35. The van der Waals surface area contributed by atoms with Gasteiger partial charge in [-0.1, -0.05) is 23.2 Å². The molecule has 1 atom stereocenters. The highest BCUT2D eigenvalue weighted by atomic mass is 35.5. The van der Waals surface area contributed by atoms with E-state index in [4.69, 9.17) is 23.2 Å². The predicted octanol–water partition coefficient (Wildman–Crippen LogP) is 5.14. The molecule has 96 valence electrons. The van der Waals surface area contributed by atoms with Gasteiger partial charge in [-0.15, -0.1) is 11.3 Å². The normalized spacial score (nSPS) is 12.7. The quantitative estimate of drug-likeness (QED) is 0.774. The van der Waals surface area contributed by atoms with Crippen LogP contribution in [-0.2, 0) is 0 Å². The minimum atomic E-state index is -0.567. The van der Waals surface area contributed by atoms with E-state index < -0.39 is 5.82 Å². The highest BCUT2D eigenvalue weighted by molar-refractivity contribution is 7.15. The van der Waals surface area contributed by atoms with Crippen molar-refractivity contribution in [3.8, 4) is 10.4 Å². The predicted molar refractivity (Wildman–Crippen MR) is 77.2 cm³/mol. The lowest BCUT2D eigenvalue weighted by Gasteiger charge is -2.06. The average molecular weight is 304 g/mol. The molecule has 0 fully saturated rings. The average Bonchev–Trinajstić information content (AvgIpc) is 2.84. The Morgan fingerprint density at radius 1 is 1.22 bits per heavy atom. The van der Waals surface area contributed by atoms with Gasteiger partial charge in [0.05, 0.1) is 10.0 Å². The van der Waals surface area contributed by atoms with Crippen LogP contribution in [0.4, 0.5) is 4.39 Å². The van der Waals surface area contributed by atoms with Crippen molar-refractivity contribution in [3.05, 3.63) is 45.0 Å². The van der Waals surface area contributed by atoms with Gasteiger partial charge in [0.15, 0.2) is 5.82 Å². The maximum absolute atomic E-state index is 13.3. The smallest absolute Gasteiger partial charge is 0.160 e. The van der Waals surface area contributed by atoms with Gasteiger partial charge in [0.25, 0.3) is 0 Å². The van der Waals surface area contributed by atoms with Crippen LogP contribution in [0.1, 0.15) is 17.8 Å². The molecular formula is C13H12Cl2FNS. The number of thiophene rings is 1. The molecule has 2 aromatic rings. The molecule has 5 heteroatoms. The van der Waals surface area contributed by atoms with E-state index in [9.17, 15) is 4.39 Å². The van der Waals surface area contributed by atoms with Crippen LogP contribution in [0.3, 0.4) is 0 Å². The SMILES string of the molecule is CNC(C)c1ccc(-c2cc(Cl)c(F)c(Cl)c2)s1. The Labute approximate surface area is 120 Å². The highest BCUT2D eigenvalue weighted by Gasteiger charge is 2.12. The number of halogens is 3. The van der Waals surface area contributed by atoms with E-state index in [1.807, 2.05) is 19.2 Å². The van der Waals surface area contributed by atoms with Crippen LogP contribution < -0.4 is 5.32 Å². The maximum Gasteiger partial charge on any atom is 0.160 e. The van der Waals surface area contributed by atoms with Crippen LogP contribution in [0.25, 0.3) is 10.4 Å². The van der Waals surface area contributed by atoms with Gasteiger partial charge < -0.3 is 5.32 Å². The zero-order valence-corrected chi connectivity index (χ0v) is 12.3. The van der Waals surface area contributed by atoms with Crippen LogP contribution in [0, 0.1) is 5.82 Å². The van der Waals surface area contributed by atoms with Crippen LogP contribution >= 0.6 is 34.5 Å². The Bertz CT molecular complexity index is 545. The molecule has 2 rings (SSSR count). The third-order valence-corrected chi connectivity index (χ3v) is 4.62. The summed E-state index contributed by atoms with van der Waals surface area (Å²) in [6.45, 7) is 2.08. The van der Waals surface area contributed by atoms with Gasteiger partial charge in [-0.3, -0.25) is 0 Å². The van der Waals surface area contributed by atoms with Gasteiger partial charge >= 0.3 is 0 Å². The fourth-order valence-corrected chi connectivity index (χ4v) is 3.12. The van der Waals surface area contributed by atoms with E-state index in [0.717, 1.165) is 10.4 Å². The van der Waals surface area contributed by atoms with Crippen LogP contribution in [0.5, 0.6) is 0 Å². The van der Waals surface area contributed by atoms with E-state index in [-0.39, 0.29) is 16.1 Å². The molecule has 1 nitrogen and oxygen atoms in total. The number of rotatable bonds is 3. The standard InChI is InChI=1S/C13H12Cl2FNS/c1-7(17-2)11-3-4-12(18-11)8-5-9(14)13(16)10(15)6-8/h3-7,17H,1-2H3. The molecule has 0 aliphatic heterocycles. The second-order valence-corrected chi connectivity index (χ2v) is 5.90. The molecule has 0 bridgehead atoms. The minimum absolute atomic E-state index is 0.0501. The lowest BCUT2D eigenvalue weighted by molar-refractivity contribution is 0.629. The van der Waals surface area contributed by atoms with Crippen LogP contribution in [0.2, 0.25) is 10.0 Å². The fraction of sp³-hybridized carbons (Fsp3) is 0.231. The molecule has 18 heavy (non-hydrogen) atoms. The first-order valence-corrected chi connectivity index (χ1v) is 7.02. The van der Waals surface area contributed by atoms with E-state index in [1.165, 1.54) is 4.88 Å². The molecule has 0 aliphatic carbocycles. The van der Waals surface area contributed by atoms with E-state index in [2.05, 4.69) is 12.2 Å². The summed E-state index contributed by atoms with van der Waals surface area (Å²) in [6.07, 6.45) is 0. The van der Waals surface area contributed by atoms with Crippen LogP contribution in [-0.4, -0.2) is 7.05 Å². The first-order chi connectivity index (χ1) is 8.52. The molecule has 1 heterocycles. The summed E-state index contributed by atoms with van der Waals surface area (Å²) >= 11 is 13.2. The minimum Gasteiger partial charge on any atom is -0.313 e. The largest absolute Gasteiger partial charge is 0.313 e. The van der Waals surface area contributed by atoms with Gasteiger partial charge in [0.2, 0.25) is 0 Å². The van der Waals surface area contributed by atoms with Crippen molar-refractivity contribution in [1.29, 1.82) is 0 Å². The van der Waals surface area contributed by atoms with Crippen molar-refractivity contribution in [2.24, 2.45) is 0 Å². The molecule has 0 amide bonds. The molecule has 0 spiro atoms. The summed E-state index contributed by atoms with van der Waals surface area (Å²) in [7, 11) is 1.91. The zero-order valence-electron chi connectivity index (χ0n) is 9.93. The molecule has 0 aliphatic rings. The van der Waals surface area contributed by atoms with Crippen molar-refractivity contribution in [3.63, 3.8) is 0 Å². The summed E-state index contributed by atoms with van der Waals surface area (Å²) in [5, 5.41) is 3.28. The molecule has 0 radical (unpaired) electrons. The monoisotopic (exact) mass is 303 g/mol. The molecular weight excluding hydrogens is 292 g/mol. The first kappa shape index (κ1) is 13.8. The second kappa shape index (κ2) is 5.57. The lowest BCUT2D eigenvalue weighted by Crippen LogP contribution is -2.10. The second-order valence-electron chi connectivity index (χ2n) is 3.97. The third kappa shape index (κ3) is 2.69. The molecule has 0 saturated carbocycles. The van der Waals surface area contributed by atoms with Gasteiger partial charge in [0, 0.05) is 15.8 Å². The van der Waals surface area contributed by atoms with Crippen molar-refractivity contribution < 1.29 is 4.39 Å². The Kier molecular flexibility index (Phi) is 4.28. The summed E-state index contributed by atoms with van der Waals surface area (Å²) in [5.74, 6) is -0.567. The number of hydrogen-bond donors (Lipinski definition) is 1. The van der Waals surface area contributed by atoms with Crippen molar-refractivity contribution >= 4 is 34.5 Å². The number of hydrogen-bond acceptors (Lipinski definition) is 2. The van der Waals surface area contributed by atoms with Crippen molar-refractivity contribution in [2.75, 3.05) is 7.05 Å². The summed E-state index contributed by atoms with van der Waals surface area (Å²) < 4.78 is 13.3. The molecule has 0 saturated heterocycles. The molecule has 1 aromatic carbocycles. The van der Waals surface area contributed by atoms with Crippen molar-refractivity contribution in [1.82, 2.24) is 5.32 Å². The fourth-order valence-electron chi connectivity index (χ4n) is 1.58. The Balaban J connectivity index is 2.40. The maximum atomic E-state index is 13.3. The Morgan fingerprint density at radius 3 is 2.39 bits per heavy atom. The third-order valence-electron chi connectivity index (χ3n) is 2.75. The number of benzene rings is 1. The zero-order chi connectivity index (χ0) is 13.3. The molecule has 1 N–H and O–H groups in total. The first-order valence-electron chi connectivity index (χ1n) is 5.45.